The van der Waals surface area contributed by atoms with Crippen molar-refractivity contribution in [1.29, 1.82) is 0 Å². The van der Waals surface area contributed by atoms with Crippen molar-refractivity contribution in [3.8, 4) is 11.5 Å². The number of aliphatic imine (C=N–C) groups is 1. The number of aromatic hydroxyl groups is 1. The number of carboxylic acid groups (broad SMARTS) is 1. The minimum Gasteiger partial charge on any atom is -0.504 e. The zero-order valence-corrected chi connectivity index (χ0v) is 16.6. The Bertz CT molecular complexity index is 1250. The number of phenols is 1. The number of aromatic carboxylic acids is 1. The van der Waals surface area contributed by atoms with E-state index in [9.17, 15) is 19.8 Å². The summed E-state index contributed by atoms with van der Waals surface area (Å²) in [6, 6.07) is 15.6. The van der Waals surface area contributed by atoms with Crippen molar-refractivity contribution in [3.05, 3.63) is 70.6 Å². The van der Waals surface area contributed by atoms with Crippen LogP contribution >= 0.6 is 11.8 Å². The van der Waals surface area contributed by atoms with Crippen LogP contribution in [-0.2, 0) is 4.79 Å². The summed E-state index contributed by atoms with van der Waals surface area (Å²) in [7, 11) is 1.44. The molecule has 7 nitrogen and oxygen atoms in total. The van der Waals surface area contributed by atoms with Gasteiger partial charge in [0.05, 0.1) is 23.3 Å². The van der Waals surface area contributed by atoms with Crippen LogP contribution in [0.15, 0.2) is 64.5 Å². The molecule has 0 atom stereocenters. The van der Waals surface area contributed by atoms with Gasteiger partial charge >= 0.3 is 5.97 Å². The Balaban J connectivity index is 1.71. The molecule has 8 heteroatoms. The van der Waals surface area contributed by atoms with Gasteiger partial charge in [0.25, 0.3) is 5.91 Å². The number of nitrogens with one attached hydrogen (secondary N) is 1. The van der Waals surface area contributed by atoms with E-state index in [1.165, 1.54) is 13.2 Å². The van der Waals surface area contributed by atoms with E-state index in [1.54, 1.807) is 30.3 Å². The highest BCUT2D eigenvalue weighted by Gasteiger charge is 2.25. The minimum atomic E-state index is -1.11. The number of carboxylic acids is 1. The second kappa shape index (κ2) is 7.92. The average molecular weight is 420 g/mol. The van der Waals surface area contributed by atoms with E-state index in [0.29, 0.717) is 16.2 Å². The number of methoxy groups -OCH3 is 1. The van der Waals surface area contributed by atoms with Crippen molar-refractivity contribution >= 4 is 51.3 Å². The fourth-order valence-electron chi connectivity index (χ4n) is 3.04. The molecular formula is C22H16N2O5S. The topological polar surface area (TPSA) is 108 Å². The largest absolute Gasteiger partial charge is 0.504 e. The average Bonchev–Trinajstić information content (AvgIpc) is 3.07. The quantitative estimate of drug-likeness (QED) is 0.548. The zero-order valence-electron chi connectivity index (χ0n) is 15.7. The summed E-state index contributed by atoms with van der Waals surface area (Å²) < 4.78 is 5.08. The van der Waals surface area contributed by atoms with Gasteiger partial charge in [-0.05, 0) is 46.8 Å². The molecule has 1 saturated heterocycles. The summed E-state index contributed by atoms with van der Waals surface area (Å²) in [5.41, 5.74) is 0.707. The van der Waals surface area contributed by atoms with E-state index >= 15 is 0 Å². The predicted octanol–water partition coefficient (Wildman–Crippen LogP) is 4.14. The van der Waals surface area contributed by atoms with E-state index in [2.05, 4.69) is 10.3 Å². The number of nitrogens with zero attached hydrogens (tertiary/aromatic N) is 1. The highest BCUT2D eigenvalue weighted by atomic mass is 32.2. The van der Waals surface area contributed by atoms with Crippen LogP contribution in [0.25, 0.3) is 16.8 Å². The van der Waals surface area contributed by atoms with Crippen molar-refractivity contribution in [2.75, 3.05) is 7.11 Å². The van der Waals surface area contributed by atoms with Gasteiger partial charge in [0.1, 0.15) is 0 Å². The summed E-state index contributed by atoms with van der Waals surface area (Å²) in [5.74, 6) is -1.27. The van der Waals surface area contributed by atoms with E-state index < -0.39 is 11.9 Å². The molecule has 3 aromatic rings. The number of fused-ring (bicyclic) bond motifs is 1. The molecule has 3 aromatic carbocycles. The number of para-hydroxylation sites is 1. The molecule has 0 spiro atoms. The molecule has 0 bridgehead atoms. The molecule has 0 saturated carbocycles. The number of hydrogen-bond donors (Lipinski definition) is 3. The van der Waals surface area contributed by atoms with Gasteiger partial charge in [0.2, 0.25) is 0 Å². The summed E-state index contributed by atoms with van der Waals surface area (Å²) in [5, 5.41) is 24.3. The maximum Gasteiger partial charge on any atom is 0.337 e. The van der Waals surface area contributed by atoms with E-state index in [0.717, 1.165) is 22.5 Å². The third-order valence-corrected chi connectivity index (χ3v) is 5.41. The van der Waals surface area contributed by atoms with Gasteiger partial charge in [-0.2, -0.15) is 0 Å². The Labute approximate surface area is 175 Å². The summed E-state index contributed by atoms with van der Waals surface area (Å²) in [4.78, 5) is 28.7. The third kappa shape index (κ3) is 3.72. The summed E-state index contributed by atoms with van der Waals surface area (Å²) >= 11 is 1.06. The van der Waals surface area contributed by atoms with Crippen LogP contribution in [0.3, 0.4) is 0 Å². The molecule has 1 heterocycles. The Morgan fingerprint density at radius 3 is 2.57 bits per heavy atom. The molecule has 1 aliphatic heterocycles. The lowest BCUT2D eigenvalue weighted by atomic mass is 10.1. The van der Waals surface area contributed by atoms with Crippen LogP contribution in [0.2, 0.25) is 0 Å². The number of carbonyl (C=O) groups excluding carboxylic acids is 1. The minimum absolute atomic E-state index is 0.0407. The SMILES string of the molecule is COc1cccc(/C=C2/SC(=Nc3cc4ccccc4cc3C(=O)O)NC2=O)c1O. The molecule has 0 radical (unpaired) electrons. The number of amidine groups is 1. The lowest BCUT2D eigenvalue weighted by Crippen LogP contribution is -2.19. The number of hydrogen-bond acceptors (Lipinski definition) is 6. The Morgan fingerprint density at radius 2 is 1.87 bits per heavy atom. The molecule has 3 N–H and O–H groups in total. The van der Waals surface area contributed by atoms with Gasteiger partial charge in [-0.1, -0.05) is 36.4 Å². The van der Waals surface area contributed by atoms with Crippen molar-refractivity contribution in [2.45, 2.75) is 0 Å². The van der Waals surface area contributed by atoms with E-state index in [1.807, 2.05) is 24.3 Å². The first-order valence-corrected chi connectivity index (χ1v) is 9.69. The first kappa shape index (κ1) is 19.5. The maximum absolute atomic E-state index is 12.4. The number of thioether (sulfide) groups is 1. The standard InChI is InChI=1S/C22H16N2O5S/c1-29-17-8-4-7-14(19(17)25)11-18-20(26)24-22(30-18)23-16-10-13-6-3-2-5-12(13)9-15(16)21(27)28/h2-11,25H,1H3,(H,27,28)(H,23,24,26)/b18-11+. The normalized spacial score (nSPS) is 16.2. The Hall–Kier alpha value is -3.78. The molecule has 0 aliphatic carbocycles. The molecule has 30 heavy (non-hydrogen) atoms. The molecule has 150 valence electrons. The zero-order chi connectivity index (χ0) is 21.3. The number of benzene rings is 3. The fourth-order valence-corrected chi connectivity index (χ4v) is 3.87. The number of amides is 1. The van der Waals surface area contributed by atoms with Crippen LogP contribution in [0, 0.1) is 0 Å². The second-order valence-electron chi connectivity index (χ2n) is 6.40. The molecule has 4 rings (SSSR count). The van der Waals surface area contributed by atoms with Crippen LogP contribution in [0.1, 0.15) is 15.9 Å². The molecule has 1 amide bonds. The lowest BCUT2D eigenvalue weighted by Gasteiger charge is -2.05. The van der Waals surface area contributed by atoms with Crippen LogP contribution < -0.4 is 10.1 Å². The van der Waals surface area contributed by atoms with Crippen molar-refractivity contribution < 1.29 is 24.5 Å². The van der Waals surface area contributed by atoms with Gasteiger partial charge in [0, 0.05) is 5.56 Å². The predicted molar refractivity (Wildman–Crippen MR) is 116 cm³/mol. The third-order valence-electron chi connectivity index (χ3n) is 4.50. The van der Waals surface area contributed by atoms with Crippen LogP contribution in [-0.4, -0.2) is 34.4 Å². The van der Waals surface area contributed by atoms with E-state index in [-0.39, 0.29) is 22.2 Å². The number of ether oxygens (including phenoxy) is 1. The monoisotopic (exact) mass is 420 g/mol. The van der Waals surface area contributed by atoms with Crippen LogP contribution in [0.5, 0.6) is 11.5 Å². The number of phenolic OH excluding ortho intramolecular Hbond substituents is 1. The summed E-state index contributed by atoms with van der Waals surface area (Å²) in [6.07, 6.45) is 1.53. The Kier molecular flexibility index (Phi) is 5.16. The van der Waals surface area contributed by atoms with Gasteiger partial charge in [-0.25, -0.2) is 9.79 Å². The van der Waals surface area contributed by atoms with Gasteiger partial charge in [-0.3, -0.25) is 4.79 Å². The first-order chi connectivity index (χ1) is 14.5. The summed E-state index contributed by atoms with van der Waals surface area (Å²) in [6.45, 7) is 0. The van der Waals surface area contributed by atoms with E-state index in [4.69, 9.17) is 4.74 Å². The van der Waals surface area contributed by atoms with Gasteiger partial charge < -0.3 is 20.3 Å². The van der Waals surface area contributed by atoms with Gasteiger partial charge in [0.15, 0.2) is 16.7 Å². The highest BCUT2D eigenvalue weighted by molar-refractivity contribution is 8.18. The number of rotatable bonds is 4. The fraction of sp³-hybridized carbons (Fsp3) is 0.0455. The molecule has 1 fully saturated rings. The van der Waals surface area contributed by atoms with Crippen molar-refractivity contribution in [3.63, 3.8) is 0 Å². The van der Waals surface area contributed by atoms with Crippen molar-refractivity contribution in [1.82, 2.24) is 5.32 Å². The maximum atomic E-state index is 12.4. The first-order valence-electron chi connectivity index (χ1n) is 8.88. The van der Waals surface area contributed by atoms with Crippen molar-refractivity contribution in [2.24, 2.45) is 4.99 Å². The van der Waals surface area contributed by atoms with Gasteiger partial charge in [-0.15, -0.1) is 0 Å². The lowest BCUT2D eigenvalue weighted by molar-refractivity contribution is -0.115. The highest BCUT2D eigenvalue weighted by Crippen LogP contribution is 2.35. The Morgan fingerprint density at radius 1 is 1.13 bits per heavy atom. The molecule has 1 aliphatic rings. The second-order valence-corrected chi connectivity index (χ2v) is 7.43. The smallest absolute Gasteiger partial charge is 0.337 e. The number of carbonyl (C=O) groups is 2. The molecular weight excluding hydrogens is 404 g/mol. The van der Waals surface area contributed by atoms with Crippen LogP contribution in [0.4, 0.5) is 5.69 Å². The molecule has 0 aromatic heterocycles. The molecule has 0 unspecified atom stereocenters.